The molecule has 94 valence electrons. The zero-order valence-corrected chi connectivity index (χ0v) is 10.9. The summed E-state index contributed by atoms with van der Waals surface area (Å²) in [6.07, 6.45) is 4.50. The molecule has 17 heavy (non-hydrogen) atoms. The van der Waals surface area contributed by atoms with Gasteiger partial charge in [-0.05, 0) is 42.4 Å². The average molecular weight is 256 g/mol. The van der Waals surface area contributed by atoms with E-state index in [1.54, 1.807) is 6.07 Å². The van der Waals surface area contributed by atoms with Crippen molar-refractivity contribution in [3.8, 4) is 0 Å². The van der Waals surface area contributed by atoms with Crippen LogP contribution in [0.4, 0.5) is 4.39 Å². The Labute approximate surface area is 107 Å². The van der Waals surface area contributed by atoms with E-state index in [4.69, 9.17) is 17.3 Å². The summed E-state index contributed by atoms with van der Waals surface area (Å²) in [5.41, 5.74) is 7.21. The zero-order valence-electron chi connectivity index (χ0n) is 10.1. The van der Waals surface area contributed by atoms with Crippen LogP contribution in [0.25, 0.3) is 0 Å². The van der Waals surface area contributed by atoms with Crippen molar-refractivity contribution in [2.45, 2.75) is 38.6 Å². The van der Waals surface area contributed by atoms with E-state index in [1.807, 2.05) is 0 Å². The standard InChI is InChI=1S/C14H19ClFN/c1-9-3-2-4-12(9)14(17)7-10-5-6-11(16)8-13(10)15/h5-6,8-9,12,14H,2-4,7,17H2,1H3. The number of hydrogen-bond donors (Lipinski definition) is 1. The van der Waals surface area contributed by atoms with Crippen LogP contribution in [-0.4, -0.2) is 6.04 Å². The van der Waals surface area contributed by atoms with Crippen molar-refractivity contribution in [1.82, 2.24) is 0 Å². The molecule has 1 saturated carbocycles. The van der Waals surface area contributed by atoms with Crippen LogP contribution in [0, 0.1) is 17.7 Å². The summed E-state index contributed by atoms with van der Waals surface area (Å²) in [4.78, 5) is 0. The average Bonchev–Trinajstić information content (AvgIpc) is 2.68. The molecule has 1 aliphatic carbocycles. The molecule has 3 atom stereocenters. The molecule has 0 radical (unpaired) electrons. The maximum Gasteiger partial charge on any atom is 0.124 e. The number of benzene rings is 1. The van der Waals surface area contributed by atoms with E-state index in [2.05, 4.69) is 6.92 Å². The zero-order chi connectivity index (χ0) is 12.4. The maximum atomic E-state index is 12.9. The Morgan fingerprint density at radius 2 is 2.24 bits per heavy atom. The van der Waals surface area contributed by atoms with Crippen molar-refractivity contribution in [1.29, 1.82) is 0 Å². The molecule has 3 unspecified atom stereocenters. The molecule has 3 heteroatoms. The minimum atomic E-state index is -0.290. The molecule has 0 aromatic heterocycles. The van der Waals surface area contributed by atoms with Crippen molar-refractivity contribution in [3.63, 3.8) is 0 Å². The van der Waals surface area contributed by atoms with Crippen molar-refractivity contribution >= 4 is 11.6 Å². The van der Waals surface area contributed by atoms with E-state index in [1.165, 1.54) is 31.4 Å². The summed E-state index contributed by atoms with van der Waals surface area (Å²) >= 11 is 6.02. The molecule has 0 spiro atoms. The SMILES string of the molecule is CC1CCCC1C(N)Cc1ccc(F)cc1Cl. The Balaban J connectivity index is 2.04. The summed E-state index contributed by atoms with van der Waals surface area (Å²) < 4.78 is 12.9. The lowest BCUT2D eigenvalue weighted by Gasteiger charge is -2.23. The van der Waals surface area contributed by atoms with Gasteiger partial charge in [0.15, 0.2) is 0 Å². The Kier molecular flexibility index (Phi) is 4.05. The lowest BCUT2D eigenvalue weighted by atomic mass is 9.87. The fourth-order valence-corrected chi connectivity index (χ4v) is 3.15. The van der Waals surface area contributed by atoms with Gasteiger partial charge >= 0.3 is 0 Å². The van der Waals surface area contributed by atoms with Crippen LogP contribution in [-0.2, 0) is 6.42 Å². The Hall–Kier alpha value is -0.600. The van der Waals surface area contributed by atoms with Crippen LogP contribution in [0.5, 0.6) is 0 Å². The molecule has 1 aliphatic rings. The molecule has 2 rings (SSSR count). The second kappa shape index (κ2) is 5.36. The highest BCUT2D eigenvalue weighted by Crippen LogP contribution is 2.34. The first-order chi connectivity index (χ1) is 8.08. The molecule has 0 aliphatic heterocycles. The van der Waals surface area contributed by atoms with Gasteiger partial charge in [-0.2, -0.15) is 0 Å². The summed E-state index contributed by atoms with van der Waals surface area (Å²) in [5.74, 6) is 0.988. The predicted molar refractivity (Wildman–Crippen MR) is 69.6 cm³/mol. The van der Waals surface area contributed by atoms with Gasteiger partial charge in [-0.3, -0.25) is 0 Å². The van der Waals surface area contributed by atoms with Gasteiger partial charge in [-0.15, -0.1) is 0 Å². The quantitative estimate of drug-likeness (QED) is 0.874. The van der Waals surface area contributed by atoms with E-state index in [-0.39, 0.29) is 11.9 Å². The van der Waals surface area contributed by atoms with Gasteiger partial charge in [0.2, 0.25) is 0 Å². The smallest absolute Gasteiger partial charge is 0.124 e. The summed E-state index contributed by atoms with van der Waals surface area (Å²) in [6.45, 7) is 2.27. The van der Waals surface area contributed by atoms with Gasteiger partial charge in [0.05, 0.1) is 0 Å². The van der Waals surface area contributed by atoms with Crippen molar-refractivity contribution in [2.75, 3.05) is 0 Å². The van der Waals surface area contributed by atoms with Gasteiger partial charge in [0.25, 0.3) is 0 Å². The summed E-state index contributed by atoms with van der Waals surface area (Å²) in [7, 11) is 0. The largest absolute Gasteiger partial charge is 0.327 e. The Morgan fingerprint density at radius 1 is 1.47 bits per heavy atom. The van der Waals surface area contributed by atoms with Crippen LogP contribution in [0.1, 0.15) is 31.7 Å². The van der Waals surface area contributed by atoms with Crippen LogP contribution in [0.3, 0.4) is 0 Å². The lowest BCUT2D eigenvalue weighted by molar-refractivity contribution is 0.343. The normalized spacial score (nSPS) is 26.1. The molecular formula is C14H19ClFN. The Morgan fingerprint density at radius 3 is 2.82 bits per heavy atom. The van der Waals surface area contributed by atoms with Crippen LogP contribution in [0.2, 0.25) is 5.02 Å². The van der Waals surface area contributed by atoms with Crippen LogP contribution >= 0.6 is 11.6 Å². The first-order valence-electron chi connectivity index (χ1n) is 6.27. The fourth-order valence-electron chi connectivity index (χ4n) is 2.90. The molecule has 1 aromatic carbocycles. The molecule has 0 saturated heterocycles. The fraction of sp³-hybridized carbons (Fsp3) is 0.571. The Bertz CT molecular complexity index is 394. The van der Waals surface area contributed by atoms with E-state index < -0.39 is 0 Å². The summed E-state index contributed by atoms with van der Waals surface area (Å²) in [6, 6.07) is 4.70. The first-order valence-corrected chi connectivity index (χ1v) is 6.65. The van der Waals surface area contributed by atoms with Gasteiger partial charge in [0, 0.05) is 11.1 Å². The van der Waals surface area contributed by atoms with Crippen LogP contribution in [0.15, 0.2) is 18.2 Å². The third-order valence-corrected chi connectivity index (χ3v) is 4.30. The molecular weight excluding hydrogens is 237 g/mol. The molecule has 0 heterocycles. The number of nitrogens with two attached hydrogens (primary N) is 1. The van der Waals surface area contributed by atoms with Gasteiger partial charge in [0.1, 0.15) is 5.82 Å². The minimum Gasteiger partial charge on any atom is -0.327 e. The van der Waals surface area contributed by atoms with Crippen molar-refractivity contribution < 1.29 is 4.39 Å². The highest BCUT2D eigenvalue weighted by Gasteiger charge is 2.28. The highest BCUT2D eigenvalue weighted by atomic mass is 35.5. The minimum absolute atomic E-state index is 0.135. The van der Waals surface area contributed by atoms with E-state index >= 15 is 0 Å². The third kappa shape index (κ3) is 2.99. The monoisotopic (exact) mass is 255 g/mol. The molecule has 0 amide bonds. The molecule has 1 nitrogen and oxygen atoms in total. The van der Waals surface area contributed by atoms with Gasteiger partial charge in [-0.25, -0.2) is 4.39 Å². The second-order valence-corrected chi connectivity index (χ2v) is 5.58. The van der Waals surface area contributed by atoms with Crippen LogP contribution < -0.4 is 5.73 Å². The van der Waals surface area contributed by atoms with E-state index in [0.717, 1.165) is 12.0 Å². The van der Waals surface area contributed by atoms with Gasteiger partial charge in [-0.1, -0.05) is 37.4 Å². The van der Waals surface area contributed by atoms with E-state index in [0.29, 0.717) is 16.9 Å². The topological polar surface area (TPSA) is 26.0 Å². The number of halogens is 2. The number of hydrogen-bond acceptors (Lipinski definition) is 1. The summed E-state index contributed by atoms with van der Waals surface area (Å²) in [5, 5.41) is 0.492. The molecule has 2 N–H and O–H groups in total. The number of rotatable bonds is 3. The second-order valence-electron chi connectivity index (χ2n) is 5.18. The van der Waals surface area contributed by atoms with Crippen molar-refractivity contribution in [3.05, 3.63) is 34.6 Å². The first kappa shape index (κ1) is 12.8. The predicted octanol–water partition coefficient (Wildman–Crippen LogP) is 3.79. The molecule has 1 fully saturated rings. The highest BCUT2D eigenvalue weighted by molar-refractivity contribution is 6.31. The van der Waals surface area contributed by atoms with Crippen molar-refractivity contribution in [2.24, 2.45) is 17.6 Å². The maximum absolute atomic E-state index is 12.9. The molecule has 0 bridgehead atoms. The van der Waals surface area contributed by atoms with E-state index in [9.17, 15) is 4.39 Å². The third-order valence-electron chi connectivity index (χ3n) is 3.95. The lowest BCUT2D eigenvalue weighted by Crippen LogP contribution is -2.33. The molecule has 1 aromatic rings. The van der Waals surface area contributed by atoms with Gasteiger partial charge < -0.3 is 5.73 Å².